The second-order valence-corrected chi connectivity index (χ2v) is 26.8. The number of aliphatic hydroxyl groups excluding tert-OH is 1. The van der Waals surface area contributed by atoms with E-state index in [4.69, 9.17) is 17.8 Å². The van der Waals surface area contributed by atoms with Crippen LogP contribution in [0.2, 0.25) is 0 Å². The first-order valence-corrected chi connectivity index (χ1v) is 32.4. The summed E-state index contributed by atoms with van der Waals surface area (Å²) >= 11 is 0. The largest absolute Gasteiger partial charge is 0.394 e. The van der Waals surface area contributed by atoms with E-state index in [-0.39, 0.29) is 19.2 Å². The van der Waals surface area contributed by atoms with Crippen molar-refractivity contribution in [1.29, 1.82) is 0 Å². The minimum absolute atomic E-state index is 0.0721. The van der Waals surface area contributed by atoms with Crippen LogP contribution >= 0.6 is 20.6 Å². The second-order valence-electron chi connectivity index (χ2n) is 19.8. The van der Waals surface area contributed by atoms with Crippen molar-refractivity contribution in [2.75, 3.05) is 69.4 Å². The molecule has 0 spiro atoms. The van der Waals surface area contributed by atoms with Crippen LogP contribution in [0.1, 0.15) is 239 Å². The fourth-order valence-corrected chi connectivity index (χ4v) is 11.9. The van der Waals surface area contributed by atoms with Crippen molar-refractivity contribution in [2.45, 2.75) is 259 Å². The van der Waals surface area contributed by atoms with E-state index in [9.17, 15) is 5.11 Å². The summed E-state index contributed by atoms with van der Waals surface area (Å²) in [6.07, 6.45) is 51.2. The Morgan fingerprint density at radius 3 is 1.30 bits per heavy atom. The molecule has 0 aliphatic rings. The van der Waals surface area contributed by atoms with Crippen LogP contribution in [0.5, 0.6) is 0 Å². The molecule has 0 saturated carbocycles. The first kappa shape index (κ1) is 61.6. The average Bonchev–Trinajstić information content (AvgIpc) is 3.71. The number of aliphatic hydroxyl groups is 1. The van der Waals surface area contributed by atoms with Crippen molar-refractivity contribution in [3.8, 4) is 0 Å². The van der Waals surface area contributed by atoms with Crippen molar-refractivity contribution in [1.82, 2.24) is 19.9 Å². The Bertz CT molecular complexity index is 1070. The molecule has 64 heavy (non-hydrogen) atoms. The van der Waals surface area contributed by atoms with Gasteiger partial charge in [-0.3, -0.25) is 4.90 Å². The summed E-state index contributed by atoms with van der Waals surface area (Å²) in [4.78, 5) is 2.57. The summed E-state index contributed by atoms with van der Waals surface area (Å²) in [5.74, 6) is 2.35. The summed E-state index contributed by atoms with van der Waals surface area (Å²) in [6, 6.07) is 0. The van der Waals surface area contributed by atoms with Gasteiger partial charge in [-0.05, 0) is 114 Å². The molecule has 11 heteroatoms. The lowest BCUT2D eigenvalue weighted by Gasteiger charge is -2.35. The monoisotopic (exact) mass is 947 g/mol. The minimum atomic E-state index is -1.15. The lowest BCUT2D eigenvalue weighted by Crippen LogP contribution is -2.26. The van der Waals surface area contributed by atoms with E-state index in [0.29, 0.717) is 6.54 Å². The van der Waals surface area contributed by atoms with Gasteiger partial charge >= 0.3 is 0 Å². The standard InChI is InChI=1S/C53H110N4O5S2/c1-9-13-17-21-25-35-45-59-52(61-63(5,6)47-37-27-23-19-15-11-3)39-31-29-33-41-56(49-51-50-57(43-44-58)55-54-51)42-34-30-32-40-53(60-46-36-26-22-18-14-10-2)62-64(7,8)48-38-28-24-20-16-12-4/h50,52-53,58H,9-49H2,1-8H3. The molecule has 1 heterocycles. The number of unbranched alkanes of at least 4 members (excludes halogenated alkanes) is 24. The van der Waals surface area contributed by atoms with Crippen LogP contribution in [-0.2, 0) is 30.9 Å². The maximum atomic E-state index is 9.46. The highest BCUT2D eigenvalue weighted by atomic mass is 32.3. The Kier molecular flexibility index (Phi) is 41.1. The molecule has 0 aromatic carbocycles. The van der Waals surface area contributed by atoms with Gasteiger partial charge in [-0.1, -0.05) is 174 Å². The van der Waals surface area contributed by atoms with Gasteiger partial charge in [0, 0.05) is 26.0 Å². The molecule has 1 aromatic heterocycles. The fraction of sp³-hybridized carbons (Fsp3) is 0.962. The Labute approximate surface area is 401 Å². The van der Waals surface area contributed by atoms with Crippen molar-refractivity contribution >= 4 is 20.6 Å². The highest BCUT2D eigenvalue weighted by molar-refractivity contribution is 8.29. The third kappa shape index (κ3) is 37.6. The van der Waals surface area contributed by atoms with Crippen LogP contribution in [0.15, 0.2) is 6.20 Å². The van der Waals surface area contributed by atoms with Crippen LogP contribution in [0, 0.1) is 0 Å². The predicted octanol–water partition coefficient (Wildman–Crippen LogP) is 15.3. The van der Waals surface area contributed by atoms with E-state index in [1.807, 2.05) is 6.20 Å². The van der Waals surface area contributed by atoms with Crippen LogP contribution in [-0.4, -0.2) is 107 Å². The van der Waals surface area contributed by atoms with Crippen molar-refractivity contribution in [3.05, 3.63) is 11.9 Å². The maximum absolute atomic E-state index is 9.46. The molecule has 9 nitrogen and oxygen atoms in total. The van der Waals surface area contributed by atoms with Gasteiger partial charge in [0.1, 0.15) is 0 Å². The molecule has 0 aliphatic heterocycles. The smallest absolute Gasteiger partial charge is 0.168 e. The first-order valence-electron chi connectivity index (χ1n) is 27.3. The summed E-state index contributed by atoms with van der Waals surface area (Å²) < 4.78 is 28.4. The molecule has 0 aliphatic carbocycles. The van der Waals surface area contributed by atoms with Gasteiger partial charge in [-0.15, -0.1) is 25.7 Å². The van der Waals surface area contributed by atoms with Gasteiger partial charge in [0.15, 0.2) is 12.6 Å². The minimum Gasteiger partial charge on any atom is -0.394 e. The van der Waals surface area contributed by atoms with Gasteiger partial charge in [0.25, 0.3) is 0 Å². The maximum Gasteiger partial charge on any atom is 0.168 e. The Hall–Kier alpha value is -0.400. The Morgan fingerprint density at radius 1 is 0.516 bits per heavy atom. The van der Waals surface area contributed by atoms with Gasteiger partial charge in [0.2, 0.25) is 0 Å². The highest BCUT2D eigenvalue weighted by Crippen LogP contribution is 2.45. The van der Waals surface area contributed by atoms with Crippen molar-refractivity contribution in [3.63, 3.8) is 0 Å². The van der Waals surface area contributed by atoms with Gasteiger partial charge in [-0.25, -0.2) is 4.68 Å². The van der Waals surface area contributed by atoms with Gasteiger partial charge in [0.05, 0.1) is 18.8 Å². The lowest BCUT2D eigenvalue weighted by molar-refractivity contribution is -0.0793. The molecule has 0 radical (unpaired) electrons. The average molecular weight is 948 g/mol. The molecular formula is C53H110N4O5S2. The molecular weight excluding hydrogens is 837 g/mol. The van der Waals surface area contributed by atoms with E-state index in [2.05, 4.69) is 67.9 Å². The Balaban J connectivity index is 2.76. The Morgan fingerprint density at radius 2 is 0.891 bits per heavy atom. The summed E-state index contributed by atoms with van der Waals surface area (Å²) in [5.41, 5.74) is 0.979. The number of hydrogen-bond acceptors (Lipinski definition) is 8. The second kappa shape index (κ2) is 42.7. The van der Waals surface area contributed by atoms with Crippen molar-refractivity contribution in [2.24, 2.45) is 0 Å². The van der Waals surface area contributed by atoms with E-state index in [0.717, 1.165) is 103 Å². The molecule has 0 amide bonds. The molecule has 0 bridgehead atoms. The predicted molar refractivity (Wildman–Crippen MR) is 283 cm³/mol. The lowest BCUT2D eigenvalue weighted by atomic mass is 10.1. The number of aromatic nitrogens is 3. The summed E-state index contributed by atoms with van der Waals surface area (Å²) in [5, 5.41) is 18.2. The number of ether oxygens (including phenoxy) is 2. The van der Waals surface area contributed by atoms with Crippen LogP contribution in [0.25, 0.3) is 0 Å². The van der Waals surface area contributed by atoms with Crippen LogP contribution < -0.4 is 0 Å². The molecule has 2 unspecified atom stereocenters. The molecule has 0 fully saturated rings. The topological polar surface area (TPSA) is 91.1 Å². The number of nitrogens with zero attached hydrogens (tertiary/aromatic N) is 4. The van der Waals surface area contributed by atoms with Gasteiger partial charge in [-0.2, -0.15) is 0 Å². The normalized spacial score (nSPS) is 13.9. The van der Waals surface area contributed by atoms with E-state index in [1.54, 1.807) is 4.68 Å². The molecule has 1 aromatic rings. The first-order chi connectivity index (χ1) is 31.1. The molecule has 1 N–H and O–H groups in total. The van der Waals surface area contributed by atoms with E-state index < -0.39 is 20.6 Å². The van der Waals surface area contributed by atoms with Crippen LogP contribution in [0.3, 0.4) is 0 Å². The van der Waals surface area contributed by atoms with E-state index >= 15 is 0 Å². The van der Waals surface area contributed by atoms with Crippen LogP contribution in [0.4, 0.5) is 0 Å². The number of hydrogen-bond donors (Lipinski definition) is 1. The summed E-state index contributed by atoms with van der Waals surface area (Å²) in [6.45, 7) is 14.2. The molecule has 1 rings (SSSR count). The quantitative estimate of drug-likeness (QED) is 0.0510. The number of rotatable bonds is 50. The fourth-order valence-electron chi connectivity index (χ4n) is 8.42. The van der Waals surface area contributed by atoms with Crippen molar-refractivity contribution < 1.29 is 22.9 Å². The van der Waals surface area contributed by atoms with E-state index in [1.165, 1.54) is 153 Å². The zero-order valence-corrected chi connectivity index (χ0v) is 45.5. The zero-order chi connectivity index (χ0) is 46.8. The summed E-state index contributed by atoms with van der Waals surface area (Å²) in [7, 11) is -2.30. The highest BCUT2D eigenvalue weighted by Gasteiger charge is 2.22. The molecule has 384 valence electrons. The zero-order valence-electron chi connectivity index (χ0n) is 43.9. The third-order valence-corrected chi connectivity index (χ3v) is 16.5. The third-order valence-electron chi connectivity index (χ3n) is 12.4. The van der Waals surface area contributed by atoms with Gasteiger partial charge < -0.3 is 22.9 Å². The molecule has 0 saturated heterocycles. The molecule has 2 atom stereocenters. The SMILES string of the molecule is CCCCCCCCOC(CCCCCN(CCCCCC(OCCCCCCCC)OS(C)(C)CCCCCCCC)Cc1cn(CCO)nn1)OS(C)(C)CCCCCCCC.